The lowest BCUT2D eigenvalue weighted by Gasteiger charge is -2.38. The van der Waals surface area contributed by atoms with Gasteiger partial charge < -0.3 is 4.90 Å². The lowest BCUT2D eigenvalue weighted by Crippen LogP contribution is -2.40. The lowest BCUT2D eigenvalue weighted by molar-refractivity contribution is 0.122. The van der Waals surface area contributed by atoms with Gasteiger partial charge in [-0.05, 0) is 51.8 Å². The van der Waals surface area contributed by atoms with Crippen LogP contribution < -0.4 is 4.90 Å². The molecule has 0 N–H and O–H groups in total. The minimum atomic E-state index is 0.251. The second kappa shape index (κ2) is 4.93. The van der Waals surface area contributed by atoms with E-state index in [2.05, 4.69) is 68.9 Å². The van der Waals surface area contributed by atoms with Crippen LogP contribution in [0.4, 0.5) is 5.69 Å². The van der Waals surface area contributed by atoms with Crippen molar-refractivity contribution >= 4 is 5.69 Å². The second-order valence-corrected chi connectivity index (χ2v) is 6.48. The summed E-state index contributed by atoms with van der Waals surface area (Å²) in [6, 6.07) is 9.40. The van der Waals surface area contributed by atoms with Crippen LogP contribution in [0.1, 0.15) is 45.2 Å². The molecule has 0 amide bonds. The first kappa shape index (κ1) is 13.4. The van der Waals surface area contributed by atoms with E-state index in [9.17, 15) is 0 Å². The van der Waals surface area contributed by atoms with Crippen LogP contribution >= 0.6 is 0 Å². The highest BCUT2D eigenvalue weighted by Gasteiger charge is 2.34. The van der Waals surface area contributed by atoms with Crippen molar-refractivity contribution < 1.29 is 0 Å². The number of likely N-dealkylation sites (tertiary alicyclic amines) is 1. The maximum atomic E-state index is 2.65. The van der Waals surface area contributed by atoms with Gasteiger partial charge in [-0.2, -0.15) is 0 Å². The Hall–Kier alpha value is -1.02. The number of benzene rings is 1. The van der Waals surface area contributed by atoms with Gasteiger partial charge in [0.15, 0.2) is 0 Å². The predicted octanol–water partition coefficient (Wildman–Crippen LogP) is 3.69. The largest absolute Gasteiger partial charge is 0.377 e. The first-order valence-electron chi connectivity index (χ1n) is 6.94. The van der Waals surface area contributed by atoms with Gasteiger partial charge in [-0.15, -0.1) is 0 Å². The molecule has 1 aromatic carbocycles. The average molecular weight is 246 g/mol. The van der Waals surface area contributed by atoms with Gasteiger partial charge in [0.1, 0.15) is 0 Å². The van der Waals surface area contributed by atoms with Crippen molar-refractivity contribution in [2.24, 2.45) is 0 Å². The van der Waals surface area contributed by atoms with E-state index in [-0.39, 0.29) is 5.54 Å². The van der Waals surface area contributed by atoms with Gasteiger partial charge in [-0.25, -0.2) is 0 Å². The number of para-hydroxylation sites is 1. The fourth-order valence-electron chi connectivity index (χ4n) is 3.07. The maximum Gasteiger partial charge on any atom is 0.0409 e. The molecule has 2 rings (SSSR count). The topological polar surface area (TPSA) is 6.48 Å². The van der Waals surface area contributed by atoms with E-state index in [1.165, 1.54) is 30.6 Å². The van der Waals surface area contributed by atoms with Crippen molar-refractivity contribution in [3.63, 3.8) is 0 Å². The second-order valence-electron chi connectivity index (χ2n) is 6.48. The molecule has 2 heteroatoms. The van der Waals surface area contributed by atoms with Gasteiger partial charge in [0.25, 0.3) is 0 Å². The molecule has 0 unspecified atom stereocenters. The lowest BCUT2D eigenvalue weighted by atomic mass is 9.97. The third-order valence-electron chi connectivity index (χ3n) is 3.89. The predicted molar refractivity (Wildman–Crippen MR) is 79.2 cm³/mol. The maximum absolute atomic E-state index is 2.65. The molecule has 0 saturated carbocycles. The number of hydrogen-bond acceptors (Lipinski definition) is 2. The molecule has 0 aromatic heterocycles. The van der Waals surface area contributed by atoms with Crippen molar-refractivity contribution in [2.45, 2.75) is 45.2 Å². The average Bonchev–Trinajstić information content (AvgIpc) is 2.77. The Balaban J connectivity index is 2.36. The van der Waals surface area contributed by atoms with Crippen LogP contribution in [-0.4, -0.2) is 31.1 Å². The van der Waals surface area contributed by atoms with Gasteiger partial charge in [0.05, 0.1) is 0 Å². The molecule has 0 bridgehead atoms. The van der Waals surface area contributed by atoms with Crippen LogP contribution in [0, 0.1) is 0 Å². The van der Waals surface area contributed by atoms with Crippen LogP contribution in [0.2, 0.25) is 0 Å². The molecule has 18 heavy (non-hydrogen) atoms. The normalized spacial score (nSPS) is 21.3. The summed E-state index contributed by atoms with van der Waals surface area (Å²) in [5.41, 5.74) is 3.09. The number of hydrogen-bond donors (Lipinski definition) is 0. The van der Waals surface area contributed by atoms with Crippen molar-refractivity contribution in [1.29, 1.82) is 0 Å². The van der Waals surface area contributed by atoms with Gasteiger partial charge in [0.2, 0.25) is 0 Å². The highest BCUT2D eigenvalue weighted by molar-refractivity contribution is 5.54. The summed E-state index contributed by atoms with van der Waals surface area (Å²) < 4.78 is 0. The zero-order valence-corrected chi connectivity index (χ0v) is 12.4. The molecule has 1 aliphatic rings. The highest BCUT2D eigenvalue weighted by Crippen LogP contribution is 2.40. The first-order valence-corrected chi connectivity index (χ1v) is 6.94. The summed E-state index contributed by atoms with van der Waals surface area (Å²) in [5.74, 6) is 0. The van der Waals surface area contributed by atoms with Gasteiger partial charge >= 0.3 is 0 Å². The Kier molecular flexibility index (Phi) is 3.67. The molecule has 0 aliphatic carbocycles. The summed E-state index contributed by atoms with van der Waals surface area (Å²) in [7, 11) is 4.27. The molecular formula is C16H26N2. The summed E-state index contributed by atoms with van der Waals surface area (Å²) in [5, 5.41) is 0. The van der Waals surface area contributed by atoms with Crippen molar-refractivity contribution in [3.05, 3.63) is 29.8 Å². The fourth-order valence-corrected chi connectivity index (χ4v) is 3.07. The molecule has 100 valence electrons. The SMILES string of the molecule is CN(C)c1ccccc1[C@@H]1CCCN1C(C)(C)C. The van der Waals surface area contributed by atoms with Crippen molar-refractivity contribution in [3.8, 4) is 0 Å². The molecule has 1 aromatic rings. The Bertz CT molecular complexity index is 404. The molecule has 1 aliphatic heterocycles. The Labute approximate surface area is 112 Å². The fraction of sp³-hybridized carbons (Fsp3) is 0.625. The summed E-state index contributed by atoms with van der Waals surface area (Å²) >= 11 is 0. The zero-order chi connectivity index (χ0) is 13.3. The van der Waals surface area contributed by atoms with E-state index >= 15 is 0 Å². The van der Waals surface area contributed by atoms with Crippen LogP contribution in [0.5, 0.6) is 0 Å². The summed E-state index contributed by atoms with van der Waals surface area (Å²) in [6.45, 7) is 8.19. The number of rotatable bonds is 2. The summed E-state index contributed by atoms with van der Waals surface area (Å²) in [4.78, 5) is 4.88. The molecule has 0 radical (unpaired) electrons. The molecule has 1 atom stereocenters. The van der Waals surface area contributed by atoms with E-state index in [1.54, 1.807) is 0 Å². The van der Waals surface area contributed by atoms with Crippen LogP contribution in [0.3, 0.4) is 0 Å². The molecule has 1 saturated heterocycles. The van der Waals surface area contributed by atoms with E-state index in [4.69, 9.17) is 0 Å². The standard InChI is InChI=1S/C16H26N2/c1-16(2,3)18-12-8-11-15(18)13-9-6-7-10-14(13)17(4)5/h6-7,9-10,15H,8,11-12H2,1-5H3/t15-/m0/s1. The van der Waals surface area contributed by atoms with Crippen LogP contribution in [0.15, 0.2) is 24.3 Å². The van der Waals surface area contributed by atoms with Crippen molar-refractivity contribution in [2.75, 3.05) is 25.5 Å². The Morgan fingerprint density at radius 2 is 1.83 bits per heavy atom. The van der Waals surface area contributed by atoms with Gasteiger partial charge in [0, 0.05) is 31.4 Å². The van der Waals surface area contributed by atoms with Crippen LogP contribution in [-0.2, 0) is 0 Å². The van der Waals surface area contributed by atoms with Crippen LogP contribution in [0.25, 0.3) is 0 Å². The third-order valence-corrected chi connectivity index (χ3v) is 3.89. The molecule has 1 heterocycles. The van der Waals surface area contributed by atoms with E-state index in [0.717, 1.165) is 0 Å². The Morgan fingerprint density at radius 3 is 2.44 bits per heavy atom. The Morgan fingerprint density at radius 1 is 1.17 bits per heavy atom. The third kappa shape index (κ3) is 2.54. The molecule has 2 nitrogen and oxygen atoms in total. The molecule has 1 fully saturated rings. The van der Waals surface area contributed by atoms with E-state index in [1.807, 2.05) is 0 Å². The van der Waals surface area contributed by atoms with E-state index in [0.29, 0.717) is 6.04 Å². The minimum Gasteiger partial charge on any atom is -0.377 e. The van der Waals surface area contributed by atoms with Crippen molar-refractivity contribution in [1.82, 2.24) is 4.90 Å². The summed E-state index contributed by atoms with van der Waals surface area (Å²) in [6.07, 6.45) is 2.59. The zero-order valence-electron chi connectivity index (χ0n) is 12.4. The first-order chi connectivity index (χ1) is 8.41. The number of nitrogens with zero attached hydrogens (tertiary/aromatic N) is 2. The molecular weight excluding hydrogens is 220 g/mol. The minimum absolute atomic E-state index is 0.251. The molecule has 0 spiro atoms. The quantitative estimate of drug-likeness (QED) is 0.785. The number of anilines is 1. The monoisotopic (exact) mass is 246 g/mol. The van der Waals surface area contributed by atoms with Gasteiger partial charge in [-0.3, -0.25) is 4.90 Å². The van der Waals surface area contributed by atoms with E-state index < -0.39 is 0 Å². The highest BCUT2D eigenvalue weighted by atomic mass is 15.2. The smallest absolute Gasteiger partial charge is 0.0409 e. The van der Waals surface area contributed by atoms with Gasteiger partial charge in [-0.1, -0.05) is 18.2 Å².